The maximum Gasteiger partial charge on any atom is 0.333 e. The molecule has 11 nitrogen and oxygen atoms in total. The molecule has 1 aliphatic rings. The Kier molecular flexibility index (Phi) is 10.3. The van der Waals surface area contributed by atoms with Gasteiger partial charge in [-0.1, -0.05) is 13.8 Å². The van der Waals surface area contributed by atoms with Gasteiger partial charge in [0.2, 0.25) is 0 Å². The number of nitrogens with zero attached hydrogens (tertiary/aromatic N) is 2. The van der Waals surface area contributed by atoms with Crippen LogP contribution in [0.15, 0.2) is 18.2 Å². The molecule has 1 aromatic carbocycles. The van der Waals surface area contributed by atoms with Gasteiger partial charge in [-0.25, -0.2) is 9.18 Å². The Hall–Kier alpha value is -4.03. The van der Waals surface area contributed by atoms with Crippen molar-refractivity contribution in [2.45, 2.75) is 46.8 Å². The summed E-state index contributed by atoms with van der Waals surface area (Å²) in [6.45, 7) is 11.2. The number of carbonyl (C=O) groups excluding carboxylic acids is 2. The van der Waals surface area contributed by atoms with Crippen molar-refractivity contribution in [3.8, 4) is 0 Å². The Morgan fingerprint density at radius 1 is 1.18 bits per heavy atom. The fourth-order valence-corrected chi connectivity index (χ4v) is 4.23. The Morgan fingerprint density at radius 2 is 1.82 bits per heavy atom. The van der Waals surface area contributed by atoms with Gasteiger partial charge in [0.1, 0.15) is 5.82 Å². The van der Waals surface area contributed by atoms with E-state index in [0.717, 1.165) is 36.6 Å². The van der Waals surface area contributed by atoms with Gasteiger partial charge in [-0.3, -0.25) is 14.4 Å². The number of halogens is 1. The van der Waals surface area contributed by atoms with Crippen molar-refractivity contribution in [1.82, 2.24) is 9.47 Å². The summed E-state index contributed by atoms with van der Waals surface area (Å²) < 4.78 is 15.8. The standard InChI is InChI=1S/C22H27FN4O2.C4H6O5/c1-5-26(6-2)9-10-27-14(4)20(21(24)28)13(3)19(27)12-17-16-11-15(23)7-8-18(16)25-22(17)29;5-2(4(8)9)1-3(6)7/h7-8,11-12H,5-6,9-10H2,1-4H3,(H2,24,28)(H,25,29);2,5H,1H2,(H,6,7)(H,8,9)/b17-12-;/t;2-/m.0/s1. The third kappa shape index (κ3) is 7.05. The van der Waals surface area contributed by atoms with Gasteiger partial charge in [0.25, 0.3) is 11.8 Å². The lowest BCUT2D eigenvalue weighted by Crippen LogP contribution is -2.27. The number of carboxylic acid groups (broad SMARTS) is 2. The summed E-state index contributed by atoms with van der Waals surface area (Å²) in [7, 11) is 0. The third-order valence-electron chi connectivity index (χ3n) is 6.30. The zero-order chi connectivity index (χ0) is 28.7. The second kappa shape index (κ2) is 13.0. The molecule has 1 aliphatic heterocycles. The van der Waals surface area contributed by atoms with Gasteiger partial charge in [-0.15, -0.1) is 0 Å². The summed E-state index contributed by atoms with van der Waals surface area (Å²) in [5, 5.41) is 26.9. The summed E-state index contributed by atoms with van der Waals surface area (Å²) in [5.74, 6) is -4.04. The lowest BCUT2D eigenvalue weighted by atomic mass is 10.0. The number of hydrogen-bond acceptors (Lipinski definition) is 6. The molecule has 12 heteroatoms. The number of aliphatic hydroxyl groups excluding tert-OH is 1. The third-order valence-corrected chi connectivity index (χ3v) is 6.30. The van der Waals surface area contributed by atoms with Gasteiger partial charge < -0.3 is 35.8 Å². The number of amides is 2. The minimum absolute atomic E-state index is 0.292. The number of aromatic nitrogens is 1. The van der Waals surface area contributed by atoms with Crippen molar-refractivity contribution >= 4 is 41.1 Å². The molecule has 6 N–H and O–H groups in total. The number of aliphatic carboxylic acids is 2. The molecule has 0 saturated heterocycles. The van der Waals surface area contributed by atoms with Crippen LogP contribution in [-0.4, -0.2) is 74.3 Å². The molecule has 0 bridgehead atoms. The fraction of sp³-hybridized carbons (Fsp3) is 0.385. The number of nitrogens with two attached hydrogens (primary N) is 1. The molecule has 1 atom stereocenters. The predicted octanol–water partition coefficient (Wildman–Crippen LogP) is 2.08. The lowest BCUT2D eigenvalue weighted by Gasteiger charge is -2.20. The Bertz CT molecular complexity index is 1260. The Labute approximate surface area is 219 Å². The first-order valence-corrected chi connectivity index (χ1v) is 12.0. The largest absolute Gasteiger partial charge is 0.481 e. The molecule has 38 heavy (non-hydrogen) atoms. The first-order valence-electron chi connectivity index (χ1n) is 12.0. The van der Waals surface area contributed by atoms with Gasteiger partial charge in [-0.05, 0) is 56.8 Å². The molecule has 1 aromatic heterocycles. The quantitative estimate of drug-likeness (QED) is 0.289. The number of carboxylic acids is 2. The van der Waals surface area contributed by atoms with Crippen LogP contribution in [0.4, 0.5) is 10.1 Å². The minimum Gasteiger partial charge on any atom is -0.481 e. The van der Waals surface area contributed by atoms with Crippen molar-refractivity contribution in [2.24, 2.45) is 5.73 Å². The topological polar surface area (TPSA) is 175 Å². The molecule has 0 aliphatic carbocycles. The van der Waals surface area contributed by atoms with Gasteiger partial charge in [0, 0.05) is 35.7 Å². The molecule has 0 spiro atoms. The van der Waals surface area contributed by atoms with Crippen LogP contribution >= 0.6 is 0 Å². The number of likely N-dealkylation sites (N-methyl/N-ethyl adjacent to an activating group) is 1. The fourth-order valence-electron chi connectivity index (χ4n) is 4.23. The molecule has 2 aromatic rings. The van der Waals surface area contributed by atoms with Gasteiger partial charge >= 0.3 is 11.9 Å². The highest BCUT2D eigenvalue weighted by atomic mass is 19.1. The van der Waals surface area contributed by atoms with E-state index in [1.54, 1.807) is 12.1 Å². The van der Waals surface area contributed by atoms with Crippen LogP contribution < -0.4 is 11.1 Å². The maximum atomic E-state index is 13.8. The average molecular weight is 533 g/mol. The zero-order valence-electron chi connectivity index (χ0n) is 21.7. The second-order valence-electron chi connectivity index (χ2n) is 8.67. The summed E-state index contributed by atoms with van der Waals surface area (Å²) in [6.07, 6.45) is -0.810. The van der Waals surface area contributed by atoms with Crippen LogP contribution in [-0.2, 0) is 20.9 Å². The molecule has 0 fully saturated rings. The number of rotatable bonds is 10. The van der Waals surface area contributed by atoms with E-state index in [1.807, 2.05) is 18.4 Å². The van der Waals surface area contributed by atoms with E-state index in [2.05, 4.69) is 24.1 Å². The van der Waals surface area contributed by atoms with Crippen molar-refractivity contribution in [2.75, 3.05) is 25.0 Å². The van der Waals surface area contributed by atoms with E-state index in [9.17, 15) is 23.6 Å². The first kappa shape index (κ1) is 30.2. The SMILES string of the molecule is CCN(CC)CCn1c(C)c(C(N)=O)c(C)c1/C=C1\C(=O)Nc2ccc(F)cc21.O=C(O)C[C@H](O)C(=O)O. The minimum atomic E-state index is -1.79. The number of fused-ring (bicyclic) bond motifs is 1. The Balaban J connectivity index is 0.000000484. The highest BCUT2D eigenvalue weighted by Gasteiger charge is 2.27. The normalized spacial score (nSPS) is 14.1. The Morgan fingerprint density at radius 3 is 2.32 bits per heavy atom. The number of nitrogens with one attached hydrogen (secondary N) is 1. The highest BCUT2D eigenvalue weighted by Crippen LogP contribution is 2.35. The van der Waals surface area contributed by atoms with Gasteiger partial charge in [0.05, 0.1) is 17.6 Å². The first-order chi connectivity index (χ1) is 17.8. The maximum absolute atomic E-state index is 13.8. The molecule has 0 unspecified atom stereocenters. The van der Waals surface area contributed by atoms with Crippen LogP contribution in [0.5, 0.6) is 0 Å². The van der Waals surface area contributed by atoms with Crippen LogP contribution in [0.1, 0.15) is 53.1 Å². The van der Waals surface area contributed by atoms with E-state index < -0.39 is 36.2 Å². The van der Waals surface area contributed by atoms with E-state index in [1.165, 1.54) is 12.1 Å². The van der Waals surface area contributed by atoms with Crippen molar-refractivity contribution < 1.29 is 38.9 Å². The van der Waals surface area contributed by atoms with E-state index in [-0.39, 0.29) is 5.91 Å². The molecule has 3 rings (SSSR count). The molecule has 206 valence electrons. The number of benzene rings is 1. The monoisotopic (exact) mass is 532 g/mol. The van der Waals surface area contributed by atoms with E-state index >= 15 is 0 Å². The summed E-state index contributed by atoms with van der Waals surface area (Å²) in [5.41, 5.74) is 9.80. The smallest absolute Gasteiger partial charge is 0.333 e. The molecular formula is C26H33FN4O7. The van der Waals surface area contributed by atoms with Crippen molar-refractivity contribution in [3.63, 3.8) is 0 Å². The zero-order valence-corrected chi connectivity index (χ0v) is 21.7. The number of carbonyl (C=O) groups is 4. The molecule has 0 saturated carbocycles. The van der Waals surface area contributed by atoms with Crippen LogP contribution in [0, 0.1) is 19.7 Å². The summed E-state index contributed by atoms with van der Waals surface area (Å²) >= 11 is 0. The number of hydrogen-bond donors (Lipinski definition) is 5. The summed E-state index contributed by atoms with van der Waals surface area (Å²) in [6, 6.07) is 4.21. The molecule has 2 amide bonds. The van der Waals surface area contributed by atoms with Gasteiger partial charge in [0.15, 0.2) is 6.10 Å². The van der Waals surface area contributed by atoms with Crippen molar-refractivity contribution in [3.05, 3.63) is 52.1 Å². The highest BCUT2D eigenvalue weighted by molar-refractivity contribution is 6.35. The number of primary amides is 1. The van der Waals surface area contributed by atoms with Gasteiger partial charge in [-0.2, -0.15) is 0 Å². The number of aliphatic hydroxyl groups is 1. The average Bonchev–Trinajstić information content (AvgIpc) is 3.26. The van der Waals surface area contributed by atoms with E-state index in [0.29, 0.717) is 28.9 Å². The van der Waals surface area contributed by atoms with Crippen LogP contribution in [0.25, 0.3) is 11.6 Å². The van der Waals surface area contributed by atoms with E-state index in [4.69, 9.17) is 21.1 Å². The van der Waals surface area contributed by atoms with Crippen molar-refractivity contribution in [1.29, 1.82) is 0 Å². The predicted molar refractivity (Wildman–Crippen MR) is 139 cm³/mol. The molecule has 2 heterocycles. The lowest BCUT2D eigenvalue weighted by molar-refractivity contribution is -0.152. The summed E-state index contributed by atoms with van der Waals surface area (Å²) in [4.78, 5) is 46.3. The van der Waals surface area contributed by atoms with Crippen LogP contribution in [0.3, 0.4) is 0 Å². The second-order valence-corrected chi connectivity index (χ2v) is 8.67. The number of anilines is 1. The molecule has 0 radical (unpaired) electrons. The molecular weight excluding hydrogens is 499 g/mol. The van der Waals surface area contributed by atoms with Crippen LogP contribution in [0.2, 0.25) is 0 Å².